The summed E-state index contributed by atoms with van der Waals surface area (Å²) in [5, 5.41) is 0. The zero-order valence-electron chi connectivity index (χ0n) is 10.6. The first kappa shape index (κ1) is 13.1. The molecule has 4 heteroatoms. The monoisotopic (exact) mass is 253 g/mol. The predicted molar refractivity (Wildman–Crippen MR) is 65.5 cm³/mol. The van der Waals surface area contributed by atoms with Crippen LogP contribution < -0.4 is 0 Å². The van der Waals surface area contributed by atoms with Crippen molar-refractivity contribution in [1.29, 1.82) is 0 Å². The first-order chi connectivity index (χ1) is 8.31. The van der Waals surface area contributed by atoms with Crippen LogP contribution in [-0.2, 0) is 11.3 Å². The van der Waals surface area contributed by atoms with Gasteiger partial charge in [-0.15, -0.1) is 0 Å². The van der Waals surface area contributed by atoms with Crippen LogP contribution in [0.1, 0.15) is 19.4 Å². The molecule has 2 nitrogen and oxygen atoms in total. The number of alkyl halides is 2. The average molecular weight is 253 g/mol. The molecule has 0 atom stereocenters. The largest absolute Gasteiger partial charge is 0.318 e. The Balaban J connectivity index is 2.14. The minimum Gasteiger partial charge on any atom is -0.292 e. The lowest BCUT2D eigenvalue weighted by Crippen LogP contribution is -2.57. The fourth-order valence-electron chi connectivity index (χ4n) is 2.49. The molecule has 0 spiro atoms. The molecule has 0 saturated carbocycles. The molecule has 0 N–H and O–H groups in total. The number of piperidine rings is 1. The maximum Gasteiger partial charge on any atom is 0.318 e. The lowest BCUT2D eigenvalue weighted by Gasteiger charge is -2.40. The molecule has 1 aliphatic heterocycles. The molecule has 1 heterocycles. The molecule has 1 aromatic rings. The van der Waals surface area contributed by atoms with Crippen LogP contribution in [-0.4, -0.2) is 29.7 Å². The molecule has 0 amide bonds. The molecule has 1 aliphatic rings. The number of hydrogen-bond acceptors (Lipinski definition) is 2. The topological polar surface area (TPSA) is 20.3 Å². The molecular weight excluding hydrogens is 236 g/mol. The molecule has 0 unspecified atom stereocenters. The van der Waals surface area contributed by atoms with E-state index in [1.807, 2.05) is 30.3 Å². The maximum absolute atomic E-state index is 13.7. The van der Waals surface area contributed by atoms with Crippen molar-refractivity contribution in [3.63, 3.8) is 0 Å². The van der Waals surface area contributed by atoms with Gasteiger partial charge in [-0.25, -0.2) is 0 Å². The van der Waals surface area contributed by atoms with Gasteiger partial charge in [0, 0.05) is 18.5 Å². The molecular formula is C14H17F2NO. The van der Waals surface area contributed by atoms with Crippen LogP contribution >= 0.6 is 0 Å². The van der Waals surface area contributed by atoms with Crippen molar-refractivity contribution >= 4 is 5.78 Å². The molecule has 0 radical (unpaired) electrons. The summed E-state index contributed by atoms with van der Waals surface area (Å²) in [6, 6.07) is 9.46. The Morgan fingerprint density at radius 3 is 2.33 bits per heavy atom. The number of Topliss-reactive ketones (excluding diaryl/α,β-unsaturated/α-hetero) is 1. The lowest BCUT2D eigenvalue weighted by atomic mass is 9.80. The van der Waals surface area contributed by atoms with Gasteiger partial charge in [-0.2, -0.15) is 8.78 Å². The molecule has 98 valence electrons. The summed E-state index contributed by atoms with van der Waals surface area (Å²) in [6.07, 6.45) is 0. The Morgan fingerprint density at radius 2 is 1.78 bits per heavy atom. The van der Waals surface area contributed by atoms with E-state index in [1.165, 1.54) is 0 Å². The average Bonchev–Trinajstić information content (AvgIpc) is 2.26. The van der Waals surface area contributed by atoms with Crippen molar-refractivity contribution in [2.24, 2.45) is 5.41 Å². The van der Waals surface area contributed by atoms with Gasteiger partial charge < -0.3 is 0 Å². The van der Waals surface area contributed by atoms with Crippen molar-refractivity contribution < 1.29 is 13.6 Å². The van der Waals surface area contributed by atoms with Gasteiger partial charge in [-0.05, 0) is 5.56 Å². The van der Waals surface area contributed by atoms with E-state index < -0.39 is 23.7 Å². The Kier molecular flexibility index (Phi) is 3.23. The van der Waals surface area contributed by atoms with Crippen molar-refractivity contribution in [2.45, 2.75) is 26.3 Å². The number of ketones is 1. The highest BCUT2D eigenvalue weighted by atomic mass is 19.3. The highest BCUT2D eigenvalue weighted by Gasteiger charge is 2.52. The summed E-state index contributed by atoms with van der Waals surface area (Å²) >= 11 is 0. The van der Waals surface area contributed by atoms with Crippen molar-refractivity contribution in [2.75, 3.05) is 13.1 Å². The van der Waals surface area contributed by atoms with Crippen LogP contribution in [0.15, 0.2) is 30.3 Å². The van der Waals surface area contributed by atoms with Gasteiger partial charge in [0.1, 0.15) is 0 Å². The molecule has 1 fully saturated rings. The van der Waals surface area contributed by atoms with Crippen molar-refractivity contribution in [3.05, 3.63) is 35.9 Å². The lowest BCUT2D eigenvalue weighted by molar-refractivity contribution is -0.166. The van der Waals surface area contributed by atoms with Crippen LogP contribution in [0.2, 0.25) is 0 Å². The van der Waals surface area contributed by atoms with Gasteiger partial charge in [0.15, 0.2) is 0 Å². The first-order valence-electron chi connectivity index (χ1n) is 6.00. The molecule has 0 aromatic heterocycles. The van der Waals surface area contributed by atoms with E-state index in [1.54, 1.807) is 18.7 Å². The SMILES string of the molecule is CC1(C)CN(Cc2ccccc2)CC(F)(F)C1=O. The van der Waals surface area contributed by atoms with Crippen molar-refractivity contribution in [1.82, 2.24) is 4.90 Å². The summed E-state index contributed by atoms with van der Waals surface area (Å²) in [4.78, 5) is 13.2. The van der Waals surface area contributed by atoms with Gasteiger partial charge in [-0.3, -0.25) is 9.69 Å². The molecule has 1 saturated heterocycles. The van der Waals surface area contributed by atoms with E-state index in [0.717, 1.165) is 5.56 Å². The number of nitrogens with zero attached hydrogens (tertiary/aromatic N) is 1. The standard InChI is InChI=1S/C14H17F2NO/c1-13(2)9-17(10-14(15,16)12(13)18)8-11-6-4-3-5-7-11/h3-7H,8-10H2,1-2H3. The Hall–Kier alpha value is -1.29. The van der Waals surface area contributed by atoms with E-state index in [2.05, 4.69) is 0 Å². The van der Waals surface area contributed by atoms with Crippen molar-refractivity contribution in [3.8, 4) is 0 Å². The van der Waals surface area contributed by atoms with E-state index in [4.69, 9.17) is 0 Å². The summed E-state index contributed by atoms with van der Waals surface area (Å²) in [5.74, 6) is -4.18. The normalized spacial score (nSPS) is 23.0. The number of likely N-dealkylation sites (tertiary alicyclic amines) is 1. The summed E-state index contributed by atoms with van der Waals surface area (Å²) < 4.78 is 27.3. The molecule has 18 heavy (non-hydrogen) atoms. The smallest absolute Gasteiger partial charge is 0.292 e. The number of hydrogen-bond donors (Lipinski definition) is 0. The summed E-state index contributed by atoms with van der Waals surface area (Å²) in [5.41, 5.74) is -0.00488. The molecule has 1 aromatic carbocycles. The van der Waals surface area contributed by atoms with E-state index in [0.29, 0.717) is 13.1 Å². The van der Waals surface area contributed by atoms with Gasteiger partial charge in [0.25, 0.3) is 0 Å². The minimum absolute atomic E-state index is 0.371. The predicted octanol–water partition coefficient (Wildman–Crippen LogP) is 2.73. The third-order valence-electron chi connectivity index (χ3n) is 3.24. The highest BCUT2D eigenvalue weighted by molar-refractivity contribution is 5.91. The summed E-state index contributed by atoms with van der Waals surface area (Å²) in [6.45, 7) is 3.51. The number of halogens is 2. The molecule has 0 bridgehead atoms. The van der Waals surface area contributed by atoms with Gasteiger partial charge in [-0.1, -0.05) is 44.2 Å². The Labute approximate surface area is 106 Å². The highest BCUT2D eigenvalue weighted by Crippen LogP contribution is 2.35. The zero-order chi connectivity index (χ0) is 13.4. The number of carbonyl (C=O) groups excluding carboxylic acids is 1. The summed E-state index contributed by atoms with van der Waals surface area (Å²) in [7, 11) is 0. The fourth-order valence-corrected chi connectivity index (χ4v) is 2.49. The second-order valence-corrected chi connectivity index (χ2v) is 5.55. The number of rotatable bonds is 2. The molecule has 0 aliphatic carbocycles. The number of carbonyl (C=O) groups is 1. The van der Waals surface area contributed by atoms with E-state index in [9.17, 15) is 13.6 Å². The second-order valence-electron chi connectivity index (χ2n) is 5.55. The van der Waals surface area contributed by atoms with Crippen LogP contribution in [0.3, 0.4) is 0 Å². The minimum atomic E-state index is -3.24. The van der Waals surface area contributed by atoms with Crippen LogP contribution in [0, 0.1) is 5.41 Å². The van der Waals surface area contributed by atoms with Gasteiger partial charge in [0.2, 0.25) is 5.78 Å². The maximum atomic E-state index is 13.7. The van der Waals surface area contributed by atoms with Crippen LogP contribution in [0.5, 0.6) is 0 Å². The fraction of sp³-hybridized carbons (Fsp3) is 0.500. The van der Waals surface area contributed by atoms with E-state index in [-0.39, 0.29) is 0 Å². The second kappa shape index (κ2) is 4.43. The van der Waals surface area contributed by atoms with Gasteiger partial charge in [0.05, 0.1) is 6.54 Å². The van der Waals surface area contributed by atoms with Gasteiger partial charge >= 0.3 is 5.92 Å². The third-order valence-corrected chi connectivity index (χ3v) is 3.24. The third kappa shape index (κ3) is 2.58. The van der Waals surface area contributed by atoms with Crippen LogP contribution in [0.25, 0.3) is 0 Å². The Morgan fingerprint density at radius 1 is 1.17 bits per heavy atom. The van der Waals surface area contributed by atoms with Crippen LogP contribution in [0.4, 0.5) is 8.78 Å². The quantitative estimate of drug-likeness (QED) is 0.807. The zero-order valence-corrected chi connectivity index (χ0v) is 10.6. The first-order valence-corrected chi connectivity index (χ1v) is 6.00. The molecule has 2 rings (SSSR count). The van der Waals surface area contributed by atoms with E-state index >= 15 is 0 Å². The Bertz CT molecular complexity index is 422. The number of benzene rings is 1.